The van der Waals surface area contributed by atoms with Crippen LogP contribution in [0.25, 0.3) is 0 Å². The van der Waals surface area contributed by atoms with Crippen molar-refractivity contribution in [1.82, 2.24) is 0 Å². The Hall–Kier alpha value is -1.11. The van der Waals surface area contributed by atoms with Crippen LogP contribution in [0, 0.1) is 11.3 Å². The van der Waals surface area contributed by atoms with Gasteiger partial charge in [-0.1, -0.05) is 44.2 Å². The van der Waals surface area contributed by atoms with Crippen molar-refractivity contribution >= 4 is 6.29 Å². The summed E-state index contributed by atoms with van der Waals surface area (Å²) in [5, 5.41) is 0. The van der Waals surface area contributed by atoms with Gasteiger partial charge in [-0.3, -0.25) is 0 Å². The molecule has 2 rings (SSSR count). The molecule has 0 amide bonds. The normalized spacial score (nSPS) is 32.3. The van der Waals surface area contributed by atoms with Gasteiger partial charge in [0.1, 0.15) is 6.29 Å². The number of hydrogen-bond acceptors (Lipinski definition) is 1. The standard InChI is InChI=1S/C13H16O/c1-10(11-6-4-3-5-7-11)12-8-13(12,2)9-14/h3-7,9-10,12H,8H2,1-2H3/t10-,12-,13-/m0/s1. The Kier molecular flexibility index (Phi) is 2.18. The predicted octanol–water partition coefficient (Wildman–Crippen LogP) is 3.02. The second-order valence-corrected chi connectivity index (χ2v) is 4.63. The zero-order valence-electron chi connectivity index (χ0n) is 8.73. The minimum atomic E-state index is -0.0464. The Morgan fingerprint density at radius 1 is 1.43 bits per heavy atom. The molecule has 0 radical (unpaired) electrons. The van der Waals surface area contributed by atoms with E-state index in [9.17, 15) is 4.79 Å². The highest BCUT2D eigenvalue weighted by Gasteiger charge is 2.52. The molecule has 0 spiro atoms. The van der Waals surface area contributed by atoms with Gasteiger partial charge in [0.15, 0.2) is 0 Å². The minimum absolute atomic E-state index is 0.0464. The highest BCUT2D eigenvalue weighted by molar-refractivity contribution is 5.64. The van der Waals surface area contributed by atoms with Crippen molar-refractivity contribution in [2.24, 2.45) is 11.3 Å². The van der Waals surface area contributed by atoms with Gasteiger partial charge in [0, 0.05) is 5.41 Å². The Balaban J connectivity index is 2.12. The lowest BCUT2D eigenvalue weighted by atomic mass is 9.92. The molecule has 1 fully saturated rings. The molecular formula is C13H16O. The summed E-state index contributed by atoms with van der Waals surface area (Å²) in [6.07, 6.45) is 2.17. The van der Waals surface area contributed by atoms with Crippen molar-refractivity contribution < 1.29 is 4.79 Å². The first-order chi connectivity index (χ1) is 6.67. The molecule has 3 atom stereocenters. The highest BCUT2D eigenvalue weighted by atomic mass is 16.1. The largest absolute Gasteiger partial charge is 0.303 e. The lowest BCUT2D eigenvalue weighted by molar-refractivity contribution is -0.112. The van der Waals surface area contributed by atoms with E-state index in [1.54, 1.807) is 0 Å². The maximum Gasteiger partial charge on any atom is 0.126 e. The summed E-state index contributed by atoms with van der Waals surface area (Å²) in [5.74, 6) is 1.05. The molecular weight excluding hydrogens is 172 g/mol. The monoisotopic (exact) mass is 188 g/mol. The lowest BCUT2D eigenvalue weighted by Crippen LogP contribution is -2.05. The molecule has 0 unspecified atom stereocenters. The number of aldehydes is 1. The number of rotatable bonds is 3. The molecule has 1 aliphatic rings. The second kappa shape index (κ2) is 3.23. The second-order valence-electron chi connectivity index (χ2n) is 4.63. The molecule has 1 aromatic carbocycles. The van der Waals surface area contributed by atoms with E-state index in [0.717, 1.165) is 12.7 Å². The van der Waals surface area contributed by atoms with Gasteiger partial charge >= 0.3 is 0 Å². The molecule has 0 bridgehead atoms. The van der Waals surface area contributed by atoms with Crippen LogP contribution in [0.5, 0.6) is 0 Å². The van der Waals surface area contributed by atoms with Gasteiger partial charge in [-0.05, 0) is 23.8 Å². The zero-order valence-corrected chi connectivity index (χ0v) is 8.73. The van der Waals surface area contributed by atoms with Crippen LogP contribution in [0.2, 0.25) is 0 Å². The molecule has 1 aromatic rings. The number of hydrogen-bond donors (Lipinski definition) is 0. The molecule has 0 aromatic heterocycles. The van der Waals surface area contributed by atoms with Crippen molar-refractivity contribution in [2.45, 2.75) is 26.2 Å². The fraction of sp³-hybridized carbons (Fsp3) is 0.462. The maximum absolute atomic E-state index is 10.8. The fourth-order valence-electron chi connectivity index (χ4n) is 2.29. The molecule has 1 saturated carbocycles. The molecule has 0 aliphatic heterocycles. The first kappa shape index (κ1) is 9.45. The van der Waals surface area contributed by atoms with E-state index in [1.165, 1.54) is 5.56 Å². The average Bonchev–Trinajstić information content (AvgIpc) is 2.92. The Bertz CT molecular complexity index is 330. The van der Waals surface area contributed by atoms with E-state index in [4.69, 9.17) is 0 Å². The highest BCUT2D eigenvalue weighted by Crippen LogP contribution is 2.57. The molecule has 1 heteroatoms. The summed E-state index contributed by atoms with van der Waals surface area (Å²) >= 11 is 0. The summed E-state index contributed by atoms with van der Waals surface area (Å²) < 4.78 is 0. The van der Waals surface area contributed by atoms with E-state index in [-0.39, 0.29) is 5.41 Å². The Labute approximate surface area is 85.1 Å². The summed E-state index contributed by atoms with van der Waals surface area (Å²) in [6.45, 7) is 4.28. The average molecular weight is 188 g/mol. The summed E-state index contributed by atoms with van der Waals surface area (Å²) in [7, 11) is 0. The van der Waals surface area contributed by atoms with Crippen molar-refractivity contribution in [3.8, 4) is 0 Å². The smallest absolute Gasteiger partial charge is 0.126 e. The zero-order chi connectivity index (χ0) is 10.2. The molecule has 0 saturated heterocycles. The third-order valence-corrected chi connectivity index (χ3v) is 3.54. The van der Waals surface area contributed by atoms with Crippen LogP contribution in [-0.2, 0) is 4.79 Å². The number of carbonyl (C=O) groups excluding carboxylic acids is 1. The molecule has 74 valence electrons. The SMILES string of the molecule is C[C@@H](c1ccccc1)[C@@H]1C[C@@]1(C)C=O. The van der Waals surface area contributed by atoms with Crippen LogP contribution in [0.4, 0.5) is 0 Å². The number of carbonyl (C=O) groups is 1. The first-order valence-corrected chi connectivity index (χ1v) is 5.18. The van der Waals surface area contributed by atoms with Crippen LogP contribution >= 0.6 is 0 Å². The van der Waals surface area contributed by atoms with Crippen LogP contribution in [-0.4, -0.2) is 6.29 Å². The molecule has 0 heterocycles. The Morgan fingerprint density at radius 2 is 2.07 bits per heavy atom. The van der Waals surface area contributed by atoms with Gasteiger partial charge in [0.2, 0.25) is 0 Å². The fourth-order valence-corrected chi connectivity index (χ4v) is 2.29. The Morgan fingerprint density at radius 3 is 2.57 bits per heavy atom. The van der Waals surface area contributed by atoms with Crippen molar-refractivity contribution in [3.05, 3.63) is 35.9 Å². The topological polar surface area (TPSA) is 17.1 Å². The van der Waals surface area contributed by atoms with Gasteiger partial charge in [0.25, 0.3) is 0 Å². The van der Waals surface area contributed by atoms with E-state index in [0.29, 0.717) is 11.8 Å². The van der Waals surface area contributed by atoms with Gasteiger partial charge in [-0.2, -0.15) is 0 Å². The summed E-state index contributed by atoms with van der Waals surface area (Å²) in [4.78, 5) is 10.8. The van der Waals surface area contributed by atoms with Crippen LogP contribution in [0.15, 0.2) is 30.3 Å². The van der Waals surface area contributed by atoms with Gasteiger partial charge in [0.05, 0.1) is 0 Å². The molecule has 1 nitrogen and oxygen atoms in total. The lowest BCUT2D eigenvalue weighted by Gasteiger charge is -2.12. The van der Waals surface area contributed by atoms with Crippen molar-refractivity contribution in [3.63, 3.8) is 0 Å². The van der Waals surface area contributed by atoms with Gasteiger partial charge in [-0.15, -0.1) is 0 Å². The molecule has 14 heavy (non-hydrogen) atoms. The van der Waals surface area contributed by atoms with E-state index >= 15 is 0 Å². The van der Waals surface area contributed by atoms with Crippen LogP contribution in [0.1, 0.15) is 31.7 Å². The van der Waals surface area contributed by atoms with Crippen LogP contribution in [0.3, 0.4) is 0 Å². The summed E-state index contributed by atoms with van der Waals surface area (Å²) in [6, 6.07) is 10.4. The van der Waals surface area contributed by atoms with Gasteiger partial charge in [-0.25, -0.2) is 0 Å². The van der Waals surface area contributed by atoms with Gasteiger partial charge < -0.3 is 4.79 Å². The van der Waals surface area contributed by atoms with Crippen molar-refractivity contribution in [1.29, 1.82) is 0 Å². The molecule has 0 N–H and O–H groups in total. The van der Waals surface area contributed by atoms with E-state index in [1.807, 2.05) is 6.07 Å². The quantitative estimate of drug-likeness (QED) is 0.666. The maximum atomic E-state index is 10.8. The number of benzene rings is 1. The van der Waals surface area contributed by atoms with Crippen LogP contribution < -0.4 is 0 Å². The third-order valence-electron chi connectivity index (χ3n) is 3.54. The van der Waals surface area contributed by atoms with Crippen molar-refractivity contribution in [2.75, 3.05) is 0 Å². The third kappa shape index (κ3) is 1.47. The first-order valence-electron chi connectivity index (χ1n) is 5.18. The minimum Gasteiger partial charge on any atom is -0.303 e. The summed E-state index contributed by atoms with van der Waals surface area (Å²) in [5.41, 5.74) is 1.30. The molecule has 1 aliphatic carbocycles. The predicted molar refractivity (Wildman–Crippen MR) is 57.1 cm³/mol. The van der Waals surface area contributed by atoms with E-state index in [2.05, 4.69) is 38.1 Å². The van der Waals surface area contributed by atoms with E-state index < -0.39 is 0 Å².